The lowest BCUT2D eigenvalue weighted by atomic mass is 10.2. The molecule has 3 heterocycles. The zero-order chi connectivity index (χ0) is 14.7. The van der Waals surface area contributed by atoms with E-state index >= 15 is 0 Å². The van der Waals surface area contributed by atoms with Crippen LogP contribution in [0.5, 0.6) is 0 Å². The summed E-state index contributed by atoms with van der Waals surface area (Å²) in [4.78, 5) is 10.5. The number of hydrogen-bond donors (Lipinski definition) is 1. The Bertz CT molecular complexity index is 575. The van der Waals surface area contributed by atoms with Crippen LogP contribution in [0.2, 0.25) is 0 Å². The van der Waals surface area contributed by atoms with Gasteiger partial charge in [0.15, 0.2) is 0 Å². The number of rotatable bonds is 5. The molecule has 8 nitrogen and oxygen atoms in total. The summed E-state index contributed by atoms with van der Waals surface area (Å²) in [5, 5.41) is 10.9. The Morgan fingerprint density at radius 1 is 1.48 bits per heavy atom. The van der Waals surface area contributed by atoms with Gasteiger partial charge >= 0.3 is 6.01 Å². The average molecular weight is 290 g/mol. The van der Waals surface area contributed by atoms with Crippen molar-refractivity contribution in [1.82, 2.24) is 20.2 Å². The molecule has 3 rings (SSSR count). The second-order valence-electron chi connectivity index (χ2n) is 4.97. The summed E-state index contributed by atoms with van der Waals surface area (Å²) in [6.07, 6.45) is 4.41. The zero-order valence-corrected chi connectivity index (χ0v) is 12.1. The van der Waals surface area contributed by atoms with Gasteiger partial charge < -0.3 is 19.4 Å². The number of nitrogens with zero attached hydrogens (tertiary/aromatic N) is 5. The Hall–Kier alpha value is -2.22. The third kappa shape index (κ3) is 3.10. The number of nitrogens with one attached hydrogen (secondary N) is 1. The van der Waals surface area contributed by atoms with Gasteiger partial charge in [-0.1, -0.05) is 5.10 Å². The van der Waals surface area contributed by atoms with Gasteiger partial charge in [-0.05, 0) is 12.5 Å². The molecule has 1 fully saturated rings. The summed E-state index contributed by atoms with van der Waals surface area (Å²) in [5.41, 5.74) is 0. The van der Waals surface area contributed by atoms with Crippen LogP contribution in [0.25, 0.3) is 0 Å². The lowest BCUT2D eigenvalue weighted by molar-refractivity contribution is 0.118. The number of hydrogen-bond acceptors (Lipinski definition) is 8. The summed E-state index contributed by atoms with van der Waals surface area (Å²) in [6.45, 7) is 3.26. The van der Waals surface area contributed by atoms with E-state index in [1.165, 1.54) is 0 Å². The fourth-order valence-electron chi connectivity index (χ4n) is 2.55. The standard InChI is InChI=1S/C13H18N6O2/c1-9-17-18-13(21-9)15-6-10-5-11(20-2)7-19(10)12-3-4-14-8-16-12/h3-4,8,10-11H,5-7H2,1-2H3,(H,15,18)/t10-,11-/m1/s1. The van der Waals surface area contributed by atoms with Crippen molar-refractivity contribution in [2.75, 3.05) is 30.4 Å². The van der Waals surface area contributed by atoms with Gasteiger partial charge in [-0.2, -0.15) is 0 Å². The second kappa shape index (κ2) is 6.04. The average Bonchev–Trinajstić information content (AvgIpc) is 3.12. The van der Waals surface area contributed by atoms with Crippen molar-refractivity contribution in [1.29, 1.82) is 0 Å². The molecular weight excluding hydrogens is 272 g/mol. The van der Waals surface area contributed by atoms with Crippen LogP contribution in [0.15, 0.2) is 23.0 Å². The molecule has 21 heavy (non-hydrogen) atoms. The first-order chi connectivity index (χ1) is 10.3. The lowest BCUT2D eigenvalue weighted by Gasteiger charge is -2.24. The first-order valence-corrected chi connectivity index (χ1v) is 6.85. The van der Waals surface area contributed by atoms with E-state index in [0.717, 1.165) is 18.8 Å². The van der Waals surface area contributed by atoms with E-state index in [1.807, 2.05) is 6.07 Å². The molecule has 2 aromatic heterocycles. The van der Waals surface area contributed by atoms with E-state index in [0.29, 0.717) is 18.5 Å². The fraction of sp³-hybridized carbons (Fsp3) is 0.538. The van der Waals surface area contributed by atoms with Crippen LogP contribution in [-0.2, 0) is 4.74 Å². The first kappa shape index (κ1) is 13.7. The van der Waals surface area contributed by atoms with Crippen molar-refractivity contribution in [2.24, 2.45) is 0 Å². The highest BCUT2D eigenvalue weighted by Crippen LogP contribution is 2.25. The predicted octanol–water partition coefficient (Wildman–Crippen LogP) is 0.874. The van der Waals surface area contributed by atoms with Gasteiger partial charge in [0.1, 0.15) is 12.1 Å². The van der Waals surface area contributed by atoms with Crippen LogP contribution in [0.1, 0.15) is 12.3 Å². The minimum absolute atomic E-state index is 0.191. The minimum atomic E-state index is 0.191. The van der Waals surface area contributed by atoms with Gasteiger partial charge in [-0.15, -0.1) is 5.10 Å². The molecule has 0 spiro atoms. The quantitative estimate of drug-likeness (QED) is 0.867. The summed E-state index contributed by atoms with van der Waals surface area (Å²) >= 11 is 0. The van der Waals surface area contributed by atoms with Crippen molar-refractivity contribution in [3.63, 3.8) is 0 Å². The highest BCUT2D eigenvalue weighted by Gasteiger charge is 2.33. The normalized spacial score (nSPS) is 21.7. The van der Waals surface area contributed by atoms with Crippen molar-refractivity contribution < 1.29 is 9.15 Å². The first-order valence-electron chi connectivity index (χ1n) is 6.85. The third-order valence-electron chi connectivity index (χ3n) is 3.58. The zero-order valence-electron chi connectivity index (χ0n) is 12.1. The molecule has 0 aromatic carbocycles. The molecule has 0 radical (unpaired) electrons. The highest BCUT2D eigenvalue weighted by molar-refractivity contribution is 5.41. The Balaban J connectivity index is 1.69. The molecule has 1 aliphatic heterocycles. The monoisotopic (exact) mass is 290 g/mol. The van der Waals surface area contributed by atoms with Crippen LogP contribution in [-0.4, -0.2) is 52.5 Å². The van der Waals surface area contributed by atoms with Crippen LogP contribution in [0, 0.1) is 6.92 Å². The molecule has 8 heteroatoms. The fourth-order valence-corrected chi connectivity index (χ4v) is 2.55. The van der Waals surface area contributed by atoms with E-state index in [1.54, 1.807) is 26.6 Å². The Morgan fingerprint density at radius 3 is 3.05 bits per heavy atom. The maximum Gasteiger partial charge on any atom is 0.315 e. The summed E-state index contributed by atoms with van der Waals surface area (Å²) in [7, 11) is 1.74. The molecule has 0 bridgehead atoms. The van der Waals surface area contributed by atoms with Crippen LogP contribution in [0.4, 0.5) is 11.8 Å². The molecule has 0 unspecified atom stereocenters. The summed E-state index contributed by atoms with van der Waals surface area (Å²) < 4.78 is 10.8. The minimum Gasteiger partial charge on any atom is -0.408 e. The van der Waals surface area contributed by atoms with E-state index < -0.39 is 0 Å². The van der Waals surface area contributed by atoms with E-state index in [4.69, 9.17) is 9.15 Å². The summed E-state index contributed by atoms with van der Waals surface area (Å²) in [6, 6.07) is 2.59. The molecule has 0 saturated carbocycles. The van der Waals surface area contributed by atoms with Crippen molar-refractivity contribution in [3.05, 3.63) is 24.5 Å². The topological polar surface area (TPSA) is 89.2 Å². The maximum absolute atomic E-state index is 5.49. The SMILES string of the molecule is CO[C@@H]1C[C@H](CNc2nnc(C)o2)N(c2ccncn2)C1. The van der Waals surface area contributed by atoms with Gasteiger partial charge in [0, 0.05) is 33.3 Å². The molecule has 112 valence electrons. The van der Waals surface area contributed by atoms with Gasteiger partial charge in [-0.25, -0.2) is 9.97 Å². The second-order valence-corrected chi connectivity index (χ2v) is 4.97. The van der Waals surface area contributed by atoms with Gasteiger partial charge in [-0.3, -0.25) is 0 Å². The molecule has 0 aliphatic carbocycles. The van der Waals surface area contributed by atoms with E-state index in [-0.39, 0.29) is 12.1 Å². The van der Waals surface area contributed by atoms with Crippen molar-refractivity contribution >= 4 is 11.8 Å². The molecule has 1 N–H and O–H groups in total. The molecule has 1 aliphatic rings. The van der Waals surface area contributed by atoms with E-state index in [2.05, 4.69) is 30.4 Å². The van der Waals surface area contributed by atoms with Crippen LogP contribution >= 0.6 is 0 Å². The molecule has 2 atom stereocenters. The maximum atomic E-state index is 5.49. The van der Waals surface area contributed by atoms with Gasteiger partial charge in [0.05, 0.1) is 12.1 Å². The third-order valence-corrected chi connectivity index (χ3v) is 3.58. The molecule has 2 aromatic rings. The van der Waals surface area contributed by atoms with Gasteiger partial charge in [0.25, 0.3) is 0 Å². The number of aromatic nitrogens is 4. The Morgan fingerprint density at radius 2 is 2.38 bits per heavy atom. The largest absolute Gasteiger partial charge is 0.408 e. The molecule has 0 amide bonds. The Kier molecular flexibility index (Phi) is 3.96. The van der Waals surface area contributed by atoms with Crippen molar-refractivity contribution in [3.8, 4) is 0 Å². The predicted molar refractivity (Wildman–Crippen MR) is 76.1 cm³/mol. The molecular formula is C13H18N6O2. The number of ether oxygens (including phenoxy) is 1. The smallest absolute Gasteiger partial charge is 0.315 e. The lowest BCUT2D eigenvalue weighted by Crippen LogP contribution is -2.35. The van der Waals surface area contributed by atoms with Crippen LogP contribution < -0.4 is 10.2 Å². The number of anilines is 2. The number of methoxy groups -OCH3 is 1. The Labute approximate surface area is 122 Å². The number of aryl methyl sites for hydroxylation is 1. The van der Waals surface area contributed by atoms with E-state index in [9.17, 15) is 0 Å². The summed E-state index contributed by atoms with van der Waals surface area (Å²) in [5.74, 6) is 1.45. The van der Waals surface area contributed by atoms with Crippen LogP contribution in [0.3, 0.4) is 0 Å². The molecule has 1 saturated heterocycles. The van der Waals surface area contributed by atoms with Gasteiger partial charge in [0.2, 0.25) is 5.89 Å². The highest BCUT2D eigenvalue weighted by atomic mass is 16.5. The van der Waals surface area contributed by atoms with Crippen molar-refractivity contribution in [2.45, 2.75) is 25.5 Å².